The fraction of sp³-hybridized carbons (Fsp3) is 0.389. The topological polar surface area (TPSA) is 89.7 Å². The Hall–Kier alpha value is -2.63. The predicted octanol–water partition coefficient (Wildman–Crippen LogP) is 1.36. The van der Waals surface area contributed by atoms with Crippen molar-refractivity contribution in [3.8, 4) is 0 Å². The molecular weight excluding hydrogens is 308 g/mol. The lowest BCUT2D eigenvalue weighted by molar-refractivity contribution is -0.159. The molecule has 1 saturated heterocycles. The van der Waals surface area contributed by atoms with Gasteiger partial charge in [-0.3, -0.25) is 14.4 Å². The Balaban J connectivity index is 1.81. The lowest BCUT2D eigenvalue weighted by Gasteiger charge is -2.30. The fourth-order valence-electron chi connectivity index (χ4n) is 2.50. The van der Waals surface area contributed by atoms with E-state index in [9.17, 15) is 14.4 Å². The third-order valence-corrected chi connectivity index (χ3v) is 4.05. The second kappa shape index (κ2) is 8.29. The summed E-state index contributed by atoms with van der Waals surface area (Å²) in [5, 5.41) is 0. The number of hydrogen-bond acceptors (Lipinski definition) is 4. The molecule has 128 valence electrons. The highest BCUT2D eigenvalue weighted by molar-refractivity contribution is 5.92. The molecule has 1 aliphatic heterocycles. The zero-order valence-electron chi connectivity index (χ0n) is 13.7. The summed E-state index contributed by atoms with van der Waals surface area (Å²) >= 11 is 0. The molecule has 1 aromatic carbocycles. The zero-order valence-corrected chi connectivity index (χ0v) is 13.7. The van der Waals surface area contributed by atoms with E-state index >= 15 is 0 Å². The van der Waals surface area contributed by atoms with Crippen molar-refractivity contribution in [3.63, 3.8) is 0 Å². The molecule has 0 spiro atoms. The van der Waals surface area contributed by atoms with Gasteiger partial charge in [0, 0.05) is 19.2 Å². The molecule has 0 unspecified atom stereocenters. The van der Waals surface area contributed by atoms with E-state index in [0.717, 1.165) is 5.56 Å². The van der Waals surface area contributed by atoms with Crippen molar-refractivity contribution in [2.75, 3.05) is 13.1 Å². The zero-order chi connectivity index (χ0) is 17.5. The molecule has 0 saturated carbocycles. The number of piperidine rings is 1. The lowest BCUT2D eigenvalue weighted by Crippen LogP contribution is -2.41. The first-order valence-corrected chi connectivity index (χ1v) is 7.99. The second-order valence-electron chi connectivity index (χ2n) is 5.83. The molecule has 0 aliphatic carbocycles. The van der Waals surface area contributed by atoms with Crippen LogP contribution in [0.25, 0.3) is 6.08 Å². The summed E-state index contributed by atoms with van der Waals surface area (Å²) in [6, 6.07) is 9.59. The van der Waals surface area contributed by atoms with E-state index in [-0.39, 0.29) is 11.8 Å². The molecule has 1 aromatic rings. The van der Waals surface area contributed by atoms with Gasteiger partial charge in [0.2, 0.25) is 5.91 Å². The van der Waals surface area contributed by atoms with Gasteiger partial charge in [0.1, 0.15) is 0 Å². The van der Waals surface area contributed by atoms with Crippen molar-refractivity contribution >= 4 is 23.9 Å². The summed E-state index contributed by atoms with van der Waals surface area (Å²) in [4.78, 5) is 36.8. The average molecular weight is 330 g/mol. The Morgan fingerprint density at radius 1 is 1.21 bits per heavy atom. The van der Waals surface area contributed by atoms with Crippen LogP contribution in [-0.4, -0.2) is 41.9 Å². The third-order valence-electron chi connectivity index (χ3n) is 4.05. The summed E-state index contributed by atoms with van der Waals surface area (Å²) in [7, 11) is 0. The van der Waals surface area contributed by atoms with Crippen molar-refractivity contribution in [2.24, 2.45) is 11.7 Å². The van der Waals surface area contributed by atoms with Crippen molar-refractivity contribution < 1.29 is 19.1 Å². The summed E-state index contributed by atoms with van der Waals surface area (Å²) in [5.41, 5.74) is 6.04. The molecule has 0 bridgehead atoms. The van der Waals surface area contributed by atoms with E-state index in [4.69, 9.17) is 10.5 Å². The minimum Gasteiger partial charge on any atom is -0.452 e. The number of esters is 1. The molecule has 1 heterocycles. The molecule has 2 N–H and O–H groups in total. The largest absolute Gasteiger partial charge is 0.452 e. The monoisotopic (exact) mass is 330 g/mol. The van der Waals surface area contributed by atoms with Crippen LogP contribution in [0.2, 0.25) is 0 Å². The van der Waals surface area contributed by atoms with Crippen LogP contribution < -0.4 is 5.73 Å². The van der Waals surface area contributed by atoms with Crippen LogP contribution in [0.4, 0.5) is 0 Å². The Bertz CT molecular complexity index is 619. The maximum Gasteiger partial charge on any atom is 0.309 e. The van der Waals surface area contributed by atoms with E-state index < -0.39 is 18.0 Å². The number of hydrogen-bond donors (Lipinski definition) is 1. The Morgan fingerprint density at radius 2 is 1.83 bits per heavy atom. The highest BCUT2D eigenvalue weighted by atomic mass is 16.5. The number of benzene rings is 1. The lowest BCUT2D eigenvalue weighted by atomic mass is 9.97. The van der Waals surface area contributed by atoms with E-state index in [2.05, 4.69) is 0 Å². The normalized spacial score (nSPS) is 16.8. The summed E-state index contributed by atoms with van der Waals surface area (Å²) < 4.78 is 5.02. The minimum absolute atomic E-state index is 0.0730. The number of amides is 2. The van der Waals surface area contributed by atoms with Crippen molar-refractivity contribution in [1.29, 1.82) is 0 Å². The Labute approximate surface area is 141 Å². The van der Waals surface area contributed by atoms with Gasteiger partial charge in [-0.2, -0.15) is 0 Å². The quantitative estimate of drug-likeness (QED) is 0.652. The number of rotatable bonds is 5. The summed E-state index contributed by atoms with van der Waals surface area (Å²) in [5.74, 6) is -1.46. The molecule has 24 heavy (non-hydrogen) atoms. The second-order valence-corrected chi connectivity index (χ2v) is 5.83. The Kier molecular flexibility index (Phi) is 6.12. The van der Waals surface area contributed by atoms with Crippen LogP contribution in [0, 0.1) is 5.92 Å². The maximum absolute atomic E-state index is 12.2. The van der Waals surface area contributed by atoms with Crippen LogP contribution >= 0.6 is 0 Å². The van der Waals surface area contributed by atoms with Gasteiger partial charge in [0.15, 0.2) is 6.10 Å². The van der Waals surface area contributed by atoms with Crippen LogP contribution in [0.5, 0.6) is 0 Å². The van der Waals surface area contributed by atoms with Crippen LogP contribution in [0.15, 0.2) is 36.4 Å². The molecular formula is C18H22N2O4. The summed E-state index contributed by atoms with van der Waals surface area (Å²) in [6.45, 7) is 2.43. The average Bonchev–Trinajstić information content (AvgIpc) is 2.60. The number of nitrogens with two attached hydrogens (primary N) is 1. The van der Waals surface area contributed by atoms with Gasteiger partial charge in [-0.15, -0.1) is 0 Å². The molecule has 1 atom stereocenters. The van der Waals surface area contributed by atoms with Gasteiger partial charge in [-0.1, -0.05) is 30.3 Å². The van der Waals surface area contributed by atoms with Gasteiger partial charge >= 0.3 is 5.97 Å². The number of carbonyl (C=O) groups is 3. The van der Waals surface area contributed by atoms with Gasteiger partial charge in [-0.05, 0) is 31.4 Å². The first-order valence-electron chi connectivity index (χ1n) is 7.99. The SMILES string of the molecule is C[C@@H](OC(=O)C1CCN(C(=O)/C=C/c2ccccc2)CC1)C(N)=O. The van der Waals surface area contributed by atoms with Crippen LogP contribution in [-0.2, 0) is 19.1 Å². The molecule has 1 aliphatic rings. The highest BCUT2D eigenvalue weighted by Crippen LogP contribution is 2.19. The predicted molar refractivity (Wildman–Crippen MR) is 89.5 cm³/mol. The molecule has 0 aromatic heterocycles. The van der Waals surface area contributed by atoms with Crippen LogP contribution in [0.3, 0.4) is 0 Å². The maximum atomic E-state index is 12.2. The van der Waals surface area contributed by atoms with Gasteiger partial charge in [-0.25, -0.2) is 0 Å². The van der Waals surface area contributed by atoms with E-state index in [1.165, 1.54) is 6.92 Å². The number of ether oxygens (including phenoxy) is 1. The first-order chi connectivity index (χ1) is 11.5. The van der Waals surface area contributed by atoms with E-state index in [1.54, 1.807) is 17.1 Å². The van der Waals surface area contributed by atoms with Crippen LogP contribution in [0.1, 0.15) is 25.3 Å². The van der Waals surface area contributed by atoms with Gasteiger partial charge < -0.3 is 15.4 Å². The molecule has 2 amide bonds. The first kappa shape index (κ1) is 17.7. The summed E-state index contributed by atoms with van der Waals surface area (Å²) in [6.07, 6.45) is 3.44. The number of nitrogens with zero attached hydrogens (tertiary/aromatic N) is 1. The standard InChI is InChI=1S/C18H22N2O4/c1-13(17(19)22)24-18(23)15-9-11-20(12-10-15)16(21)8-7-14-5-3-2-4-6-14/h2-8,13,15H,9-12H2,1H3,(H2,19,22)/b8-7+/t13-/m1/s1. The van der Waals surface area contributed by atoms with Crippen molar-refractivity contribution in [2.45, 2.75) is 25.9 Å². The molecule has 6 heteroatoms. The molecule has 1 fully saturated rings. The smallest absolute Gasteiger partial charge is 0.309 e. The van der Waals surface area contributed by atoms with E-state index in [1.807, 2.05) is 30.3 Å². The number of likely N-dealkylation sites (tertiary alicyclic amines) is 1. The van der Waals surface area contributed by atoms with Crippen molar-refractivity contribution in [1.82, 2.24) is 4.90 Å². The minimum atomic E-state index is -0.925. The number of carbonyl (C=O) groups excluding carboxylic acids is 3. The van der Waals surface area contributed by atoms with Gasteiger partial charge in [0.05, 0.1) is 5.92 Å². The molecule has 0 radical (unpaired) electrons. The van der Waals surface area contributed by atoms with E-state index in [0.29, 0.717) is 25.9 Å². The fourth-order valence-corrected chi connectivity index (χ4v) is 2.50. The molecule has 6 nitrogen and oxygen atoms in total. The highest BCUT2D eigenvalue weighted by Gasteiger charge is 2.29. The van der Waals surface area contributed by atoms with Gasteiger partial charge in [0.25, 0.3) is 5.91 Å². The third kappa shape index (κ3) is 4.94. The molecule has 2 rings (SSSR count). The number of primary amides is 1. The van der Waals surface area contributed by atoms with Crippen molar-refractivity contribution in [3.05, 3.63) is 42.0 Å². The Morgan fingerprint density at radius 3 is 2.42 bits per heavy atom.